The fourth-order valence-electron chi connectivity index (χ4n) is 1.54. The van der Waals surface area contributed by atoms with E-state index in [2.05, 4.69) is 0 Å². The largest absolute Gasteiger partial charge is 0.325 e. The van der Waals surface area contributed by atoms with Crippen LogP contribution in [-0.2, 0) is 0 Å². The first-order valence-electron chi connectivity index (χ1n) is 3.60. The van der Waals surface area contributed by atoms with Crippen LogP contribution in [0.1, 0.15) is 32.1 Å². The van der Waals surface area contributed by atoms with E-state index in [1.165, 1.54) is 32.1 Å². The van der Waals surface area contributed by atoms with Crippen LogP contribution in [0.2, 0.25) is 0 Å². The van der Waals surface area contributed by atoms with Crippen LogP contribution < -0.4 is 5.73 Å². The molecule has 2 fully saturated rings. The molecule has 0 aromatic heterocycles. The summed E-state index contributed by atoms with van der Waals surface area (Å²) in [6.07, 6.45) is 6.87. The van der Waals surface area contributed by atoms with Gasteiger partial charge in [0.2, 0.25) is 0 Å². The Kier molecular flexibility index (Phi) is 0.762. The van der Waals surface area contributed by atoms with Crippen molar-refractivity contribution in [3.05, 3.63) is 0 Å². The smallest absolute Gasteiger partial charge is 0.0184 e. The second-order valence-electron chi connectivity index (χ2n) is 3.36. The Bertz CT molecular complexity index is 101. The maximum absolute atomic E-state index is 5.95. The van der Waals surface area contributed by atoms with Crippen molar-refractivity contribution in [3.63, 3.8) is 0 Å². The van der Waals surface area contributed by atoms with E-state index in [1.54, 1.807) is 0 Å². The van der Waals surface area contributed by atoms with E-state index < -0.39 is 0 Å². The number of hydrogen-bond donors (Lipinski definition) is 1. The van der Waals surface area contributed by atoms with Crippen LogP contribution in [0.25, 0.3) is 0 Å². The molecule has 0 aromatic rings. The van der Waals surface area contributed by atoms with Gasteiger partial charge in [-0.2, -0.15) is 0 Å². The fraction of sp³-hybridized carbons (Fsp3) is 1.00. The van der Waals surface area contributed by atoms with Crippen molar-refractivity contribution in [3.8, 4) is 0 Å². The van der Waals surface area contributed by atoms with Crippen LogP contribution in [0.3, 0.4) is 0 Å². The molecule has 0 bridgehead atoms. The van der Waals surface area contributed by atoms with Crippen molar-refractivity contribution in [1.29, 1.82) is 0 Å². The second kappa shape index (κ2) is 1.27. The van der Waals surface area contributed by atoms with Crippen LogP contribution in [0, 0.1) is 5.92 Å². The third kappa shape index (κ3) is 0.510. The highest BCUT2D eigenvalue weighted by atomic mass is 14.8. The molecule has 1 heteroatoms. The molecule has 2 rings (SSSR count). The maximum atomic E-state index is 5.95. The Hall–Kier alpha value is -0.0400. The van der Waals surface area contributed by atoms with Gasteiger partial charge in [-0.15, -0.1) is 0 Å². The molecule has 2 aliphatic rings. The molecule has 46 valence electrons. The summed E-state index contributed by atoms with van der Waals surface area (Å²) in [5, 5.41) is 0. The summed E-state index contributed by atoms with van der Waals surface area (Å²) < 4.78 is 0. The zero-order valence-corrected chi connectivity index (χ0v) is 5.19. The highest BCUT2D eigenvalue weighted by Crippen LogP contribution is 2.48. The number of nitrogens with two attached hydrogens (primary N) is 1. The van der Waals surface area contributed by atoms with Crippen LogP contribution >= 0.6 is 0 Å². The summed E-state index contributed by atoms with van der Waals surface area (Å²) in [4.78, 5) is 0. The van der Waals surface area contributed by atoms with E-state index >= 15 is 0 Å². The molecule has 0 aliphatic heterocycles. The van der Waals surface area contributed by atoms with Crippen LogP contribution in [-0.4, -0.2) is 5.54 Å². The van der Waals surface area contributed by atoms with Gasteiger partial charge < -0.3 is 5.73 Å². The summed E-state index contributed by atoms with van der Waals surface area (Å²) >= 11 is 0. The third-order valence-electron chi connectivity index (χ3n) is 2.75. The lowest BCUT2D eigenvalue weighted by Crippen LogP contribution is -2.36. The van der Waals surface area contributed by atoms with Crippen LogP contribution in [0.4, 0.5) is 0 Å². The Morgan fingerprint density at radius 2 is 1.88 bits per heavy atom. The quantitative estimate of drug-likeness (QED) is 0.542. The van der Waals surface area contributed by atoms with Gasteiger partial charge in [-0.1, -0.05) is 6.42 Å². The lowest BCUT2D eigenvalue weighted by Gasteiger charge is -2.31. The number of rotatable bonds is 1. The zero-order valence-electron chi connectivity index (χ0n) is 5.19. The Labute approximate surface area is 50.3 Å². The minimum atomic E-state index is 0.345. The van der Waals surface area contributed by atoms with E-state index in [4.69, 9.17) is 5.73 Å². The summed E-state index contributed by atoms with van der Waals surface area (Å²) in [7, 11) is 0. The highest BCUT2D eigenvalue weighted by Gasteiger charge is 2.47. The van der Waals surface area contributed by atoms with Crippen LogP contribution in [0.5, 0.6) is 0 Å². The Morgan fingerprint density at radius 1 is 1.25 bits per heavy atom. The highest BCUT2D eigenvalue weighted by molar-refractivity contribution is 5.06. The molecule has 0 unspecified atom stereocenters. The van der Waals surface area contributed by atoms with Crippen molar-refractivity contribution in [2.24, 2.45) is 11.7 Å². The molecule has 0 radical (unpaired) electrons. The van der Waals surface area contributed by atoms with Crippen molar-refractivity contribution >= 4 is 0 Å². The van der Waals surface area contributed by atoms with Crippen molar-refractivity contribution in [2.45, 2.75) is 37.6 Å². The molecule has 2 saturated carbocycles. The molecule has 2 aliphatic carbocycles. The first-order valence-corrected chi connectivity index (χ1v) is 3.60. The minimum absolute atomic E-state index is 0.345. The standard InChI is InChI=1S/C7H13N/c8-7(4-5-7)6-2-1-3-6/h6H,1-5,8H2. The van der Waals surface area contributed by atoms with Gasteiger partial charge in [-0.05, 0) is 31.6 Å². The predicted octanol–water partition coefficient (Wildman–Crippen LogP) is 1.28. The molecule has 0 saturated heterocycles. The number of hydrogen-bond acceptors (Lipinski definition) is 1. The molecule has 0 aromatic carbocycles. The molecule has 2 N–H and O–H groups in total. The van der Waals surface area contributed by atoms with Gasteiger partial charge in [0.05, 0.1) is 0 Å². The molecular formula is C7H13N. The second-order valence-corrected chi connectivity index (χ2v) is 3.36. The summed E-state index contributed by atoms with van der Waals surface area (Å²) in [5.74, 6) is 0.919. The summed E-state index contributed by atoms with van der Waals surface area (Å²) in [6.45, 7) is 0. The third-order valence-corrected chi connectivity index (χ3v) is 2.75. The topological polar surface area (TPSA) is 26.0 Å². The lowest BCUT2D eigenvalue weighted by molar-refractivity contribution is 0.248. The summed E-state index contributed by atoms with van der Waals surface area (Å²) in [6, 6.07) is 0. The molecule has 0 amide bonds. The van der Waals surface area contributed by atoms with Gasteiger partial charge in [0, 0.05) is 5.54 Å². The Balaban J connectivity index is 1.95. The van der Waals surface area contributed by atoms with E-state index in [0.29, 0.717) is 5.54 Å². The van der Waals surface area contributed by atoms with Crippen molar-refractivity contribution < 1.29 is 0 Å². The average Bonchev–Trinajstić information content (AvgIpc) is 2.12. The molecule has 0 heterocycles. The molecule has 8 heavy (non-hydrogen) atoms. The maximum Gasteiger partial charge on any atom is 0.0184 e. The van der Waals surface area contributed by atoms with Gasteiger partial charge in [0.25, 0.3) is 0 Å². The van der Waals surface area contributed by atoms with Crippen LogP contribution in [0.15, 0.2) is 0 Å². The van der Waals surface area contributed by atoms with E-state index in [9.17, 15) is 0 Å². The molecular weight excluding hydrogens is 98.1 g/mol. The lowest BCUT2D eigenvalue weighted by atomic mass is 9.78. The Morgan fingerprint density at radius 3 is 2.00 bits per heavy atom. The monoisotopic (exact) mass is 111 g/mol. The van der Waals surface area contributed by atoms with E-state index in [0.717, 1.165) is 5.92 Å². The predicted molar refractivity (Wildman–Crippen MR) is 33.5 cm³/mol. The average molecular weight is 111 g/mol. The normalized spacial score (nSPS) is 34.1. The first-order chi connectivity index (χ1) is 3.81. The zero-order chi connectivity index (χ0) is 5.61. The minimum Gasteiger partial charge on any atom is -0.325 e. The van der Waals surface area contributed by atoms with E-state index in [1.807, 2.05) is 0 Å². The van der Waals surface area contributed by atoms with Crippen molar-refractivity contribution in [2.75, 3.05) is 0 Å². The van der Waals surface area contributed by atoms with Gasteiger partial charge in [-0.25, -0.2) is 0 Å². The molecule has 0 spiro atoms. The van der Waals surface area contributed by atoms with Gasteiger partial charge >= 0.3 is 0 Å². The first kappa shape index (κ1) is 4.80. The van der Waals surface area contributed by atoms with Gasteiger partial charge in [0.1, 0.15) is 0 Å². The van der Waals surface area contributed by atoms with Gasteiger partial charge in [-0.3, -0.25) is 0 Å². The molecule has 0 atom stereocenters. The SMILES string of the molecule is NC1(C2CCC2)CC1. The molecule has 1 nitrogen and oxygen atoms in total. The van der Waals surface area contributed by atoms with Crippen molar-refractivity contribution in [1.82, 2.24) is 0 Å². The van der Waals surface area contributed by atoms with Gasteiger partial charge in [0.15, 0.2) is 0 Å². The summed E-state index contributed by atoms with van der Waals surface area (Å²) in [5.41, 5.74) is 6.30. The fourth-order valence-corrected chi connectivity index (χ4v) is 1.54. The van der Waals surface area contributed by atoms with E-state index in [-0.39, 0.29) is 0 Å².